The highest BCUT2D eigenvalue weighted by molar-refractivity contribution is 7.98. The second kappa shape index (κ2) is 7.31. The number of rotatable bonds is 5. The topological polar surface area (TPSA) is 59.8 Å². The van der Waals surface area contributed by atoms with Crippen molar-refractivity contribution in [1.82, 2.24) is 14.8 Å². The van der Waals surface area contributed by atoms with E-state index in [0.717, 1.165) is 21.7 Å². The molecule has 2 aromatic carbocycles. The van der Waals surface area contributed by atoms with E-state index in [-0.39, 0.29) is 5.91 Å². The number of anilines is 1. The first kappa shape index (κ1) is 16.3. The van der Waals surface area contributed by atoms with E-state index >= 15 is 0 Å². The number of amides is 1. The van der Waals surface area contributed by atoms with E-state index in [1.54, 1.807) is 22.8 Å². The highest BCUT2D eigenvalue weighted by atomic mass is 32.2. The van der Waals surface area contributed by atoms with Gasteiger partial charge in [0.2, 0.25) is 0 Å². The van der Waals surface area contributed by atoms with E-state index in [1.807, 2.05) is 55.6 Å². The molecule has 0 aliphatic heterocycles. The molecule has 6 heteroatoms. The summed E-state index contributed by atoms with van der Waals surface area (Å²) in [6, 6.07) is 13.7. The Labute approximate surface area is 145 Å². The number of carbonyl (C=O) groups excluding carboxylic acids is 1. The summed E-state index contributed by atoms with van der Waals surface area (Å²) in [5.41, 5.74) is 3.54. The Bertz CT molecular complexity index is 829. The number of hydrogen-bond acceptors (Lipinski definition) is 4. The van der Waals surface area contributed by atoms with Crippen molar-refractivity contribution in [3.8, 4) is 0 Å². The lowest BCUT2D eigenvalue weighted by atomic mass is 10.1. The van der Waals surface area contributed by atoms with Gasteiger partial charge in [-0.3, -0.25) is 4.79 Å². The van der Waals surface area contributed by atoms with Gasteiger partial charge in [-0.05, 0) is 48.6 Å². The summed E-state index contributed by atoms with van der Waals surface area (Å²) in [4.78, 5) is 17.5. The number of hydrogen-bond donors (Lipinski definition) is 1. The average Bonchev–Trinajstić information content (AvgIpc) is 3.10. The van der Waals surface area contributed by atoms with Gasteiger partial charge in [0.05, 0.1) is 6.54 Å². The number of benzene rings is 2. The third kappa shape index (κ3) is 3.83. The molecule has 0 radical (unpaired) electrons. The minimum absolute atomic E-state index is 0.0903. The SMILES string of the molecule is CSc1ccc(C)c(C(=O)Nc2ccc(Cn3cncn3)cc2)c1. The summed E-state index contributed by atoms with van der Waals surface area (Å²) in [5.74, 6) is -0.0903. The molecule has 1 N–H and O–H groups in total. The van der Waals surface area contributed by atoms with Crippen molar-refractivity contribution >= 4 is 23.4 Å². The van der Waals surface area contributed by atoms with Gasteiger partial charge in [-0.1, -0.05) is 18.2 Å². The molecule has 122 valence electrons. The fraction of sp³-hybridized carbons (Fsp3) is 0.167. The monoisotopic (exact) mass is 338 g/mol. The molecule has 1 heterocycles. The molecule has 1 aromatic heterocycles. The second-order valence-electron chi connectivity index (χ2n) is 5.42. The maximum Gasteiger partial charge on any atom is 0.255 e. The Morgan fingerprint density at radius 2 is 2.00 bits per heavy atom. The number of nitrogens with zero attached hydrogens (tertiary/aromatic N) is 3. The first-order chi connectivity index (χ1) is 11.7. The van der Waals surface area contributed by atoms with Crippen molar-refractivity contribution in [2.24, 2.45) is 0 Å². The first-order valence-electron chi connectivity index (χ1n) is 7.53. The van der Waals surface area contributed by atoms with Gasteiger partial charge >= 0.3 is 0 Å². The van der Waals surface area contributed by atoms with Crippen LogP contribution in [0.2, 0.25) is 0 Å². The standard InChI is InChI=1S/C18H18N4OS/c1-13-3-8-16(24-2)9-17(13)18(23)21-15-6-4-14(5-7-15)10-22-12-19-11-20-22/h3-9,11-12H,10H2,1-2H3,(H,21,23). The Hall–Kier alpha value is -2.60. The second-order valence-corrected chi connectivity index (χ2v) is 6.30. The molecule has 0 spiro atoms. The van der Waals surface area contributed by atoms with E-state index in [9.17, 15) is 4.79 Å². The van der Waals surface area contributed by atoms with Crippen molar-refractivity contribution in [2.75, 3.05) is 11.6 Å². The normalized spacial score (nSPS) is 10.6. The smallest absolute Gasteiger partial charge is 0.255 e. The molecular weight excluding hydrogens is 320 g/mol. The molecule has 0 unspecified atom stereocenters. The van der Waals surface area contributed by atoms with Crippen molar-refractivity contribution in [3.05, 3.63) is 71.8 Å². The zero-order valence-corrected chi connectivity index (χ0v) is 14.4. The predicted molar refractivity (Wildman–Crippen MR) is 96.5 cm³/mol. The van der Waals surface area contributed by atoms with Crippen LogP contribution >= 0.6 is 11.8 Å². The quantitative estimate of drug-likeness (QED) is 0.722. The molecule has 0 saturated heterocycles. The Kier molecular flexibility index (Phi) is 4.96. The van der Waals surface area contributed by atoms with E-state index in [4.69, 9.17) is 0 Å². The van der Waals surface area contributed by atoms with Gasteiger partial charge in [0, 0.05) is 16.1 Å². The fourth-order valence-corrected chi connectivity index (χ4v) is 2.81. The molecule has 0 aliphatic carbocycles. The maximum absolute atomic E-state index is 12.5. The third-order valence-electron chi connectivity index (χ3n) is 3.71. The van der Waals surface area contributed by atoms with Crippen LogP contribution in [0.1, 0.15) is 21.5 Å². The summed E-state index contributed by atoms with van der Waals surface area (Å²) in [6.07, 6.45) is 5.19. The number of carbonyl (C=O) groups is 1. The summed E-state index contributed by atoms with van der Waals surface area (Å²) in [7, 11) is 0. The van der Waals surface area contributed by atoms with Crippen LogP contribution in [0.5, 0.6) is 0 Å². The van der Waals surface area contributed by atoms with Gasteiger partial charge in [-0.25, -0.2) is 9.67 Å². The van der Waals surface area contributed by atoms with E-state index in [2.05, 4.69) is 15.4 Å². The highest BCUT2D eigenvalue weighted by Gasteiger charge is 2.10. The molecule has 3 rings (SSSR count). The fourth-order valence-electron chi connectivity index (χ4n) is 2.37. The Balaban J connectivity index is 1.70. The van der Waals surface area contributed by atoms with Crippen LogP contribution in [0.25, 0.3) is 0 Å². The summed E-state index contributed by atoms with van der Waals surface area (Å²) in [5, 5.41) is 7.04. The number of aromatic nitrogens is 3. The minimum Gasteiger partial charge on any atom is -0.322 e. The van der Waals surface area contributed by atoms with Crippen LogP contribution in [-0.2, 0) is 6.54 Å². The van der Waals surface area contributed by atoms with Gasteiger partial charge in [0.15, 0.2) is 0 Å². The maximum atomic E-state index is 12.5. The van der Waals surface area contributed by atoms with Gasteiger partial charge in [0.25, 0.3) is 5.91 Å². The summed E-state index contributed by atoms with van der Waals surface area (Å²) >= 11 is 1.63. The van der Waals surface area contributed by atoms with Gasteiger partial charge in [0.1, 0.15) is 12.7 Å². The molecule has 0 saturated carbocycles. The molecule has 0 aliphatic rings. The number of nitrogens with one attached hydrogen (secondary N) is 1. The van der Waals surface area contributed by atoms with Crippen LogP contribution in [0.15, 0.2) is 60.0 Å². The molecule has 1 amide bonds. The molecule has 3 aromatic rings. The summed E-state index contributed by atoms with van der Waals surface area (Å²) < 4.78 is 1.75. The molecular formula is C18H18N4OS. The van der Waals surface area contributed by atoms with E-state index in [1.165, 1.54) is 6.33 Å². The van der Waals surface area contributed by atoms with E-state index in [0.29, 0.717) is 12.1 Å². The third-order valence-corrected chi connectivity index (χ3v) is 4.44. The van der Waals surface area contributed by atoms with Crippen molar-refractivity contribution in [3.63, 3.8) is 0 Å². The average molecular weight is 338 g/mol. The van der Waals surface area contributed by atoms with Gasteiger partial charge in [-0.15, -0.1) is 11.8 Å². The zero-order valence-electron chi connectivity index (χ0n) is 13.6. The largest absolute Gasteiger partial charge is 0.322 e. The molecule has 0 bridgehead atoms. The minimum atomic E-state index is -0.0903. The molecule has 0 fully saturated rings. The lowest BCUT2D eigenvalue weighted by Gasteiger charge is -2.10. The molecule has 0 atom stereocenters. The van der Waals surface area contributed by atoms with Gasteiger partial charge < -0.3 is 5.32 Å². The van der Waals surface area contributed by atoms with Crippen LogP contribution in [0.4, 0.5) is 5.69 Å². The molecule has 5 nitrogen and oxygen atoms in total. The number of thioether (sulfide) groups is 1. The zero-order chi connectivity index (χ0) is 16.9. The van der Waals surface area contributed by atoms with E-state index < -0.39 is 0 Å². The van der Waals surface area contributed by atoms with Crippen molar-refractivity contribution in [2.45, 2.75) is 18.4 Å². The Morgan fingerprint density at radius 1 is 1.21 bits per heavy atom. The van der Waals surface area contributed by atoms with Crippen LogP contribution in [0.3, 0.4) is 0 Å². The first-order valence-corrected chi connectivity index (χ1v) is 8.75. The lowest BCUT2D eigenvalue weighted by molar-refractivity contribution is 0.102. The van der Waals surface area contributed by atoms with Crippen molar-refractivity contribution < 1.29 is 4.79 Å². The highest BCUT2D eigenvalue weighted by Crippen LogP contribution is 2.20. The Morgan fingerprint density at radius 3 is 2.67 bits per heavy atom. The van der Waals surface area contributed by atoms with Gasteiger partial charge in [-0.2, -0.15) is 5.10 Å². The number of aryl methyl sites for hydroxylation is 1. The van der Waals surface area contributed by atoms with Crippen LogP contribution in [-0.4, -0.2) is 26.9 Å². The van der Waals surface area contributed by atoms with Crippen LogP contribution < -0.4 is 5.32 Å². The lowest BCUT2D eigenvalue weighted by Crippen LogP contribution is -2.13. The van der Waals surface area contributed by atoms with Crippen LogP contribution in [0, 0.1) is 6.92 Å². The van der Waals surface area contributed by atoms with Crippen molar-refractivity contribution in [1.29, 1.82) is 0 Å². The summed E-state index contributed by atoms with van der Waals surface area (Å²) in [6.45, 7) is 2.60. The predicted octanol–water partition coefficient (Wildman–Crippen LogP) is 3.61. The molecule has 24 heavy (non-hydrogen) atoms.